The van der Waals surface area contributed by atoms with E-state index >= 15 is 0 Å². The van der Waals surface area contributed by atoms with Gasteiger partial charge in [0, 0.05) is 18.5 Å². The van der Waals surface area contributed by atoms with Crippen LogP contribution in [0.2, 0.25) is 0 Å². The van der Waals surface area contributed by atoms with E-state index < -0.39 is 31.4 Å². The van der Waals surface area contributed by atoms with Crippen LogP contribution >= 0.6 is 0 Å². The lowest BCUT2D eigenvalue weighted by atomic mass is 9.69. The van der Waals surface area contributed by atoms with Crippen LogP contribution in [0.3, 0.4) is 0 Å². The van der Waals surface area contributed by atoms with Crippen LogP contribution in [-0.2, 0) is 29.6 Å². The second kappa shape index (κ2) is 9.99. The van der Waals surface area contributed by atoms with Gasteiger partial charge in [-0.25, -0.2) is 16.8 Å². The van der Waals surface area contributed by atoms with Crippen molar-refractivity contribution >= 4 is 43.0 Å². The molecule has 2 N–H and O–H groups in total. The van der Waals surface area contributed by atoms with E-state index in [1.807, 2.05) is 27.7 Å². The molecule has 0 unspecified atom stereocenters. The number of hydrogen-bond acceptors (Lipinski definition) is 6. The van der Waals surface area contributed by atoms with Crippen LogP contribution in [0.5, 0.6) is 0 Å². The molecule has 0 saturated heterocycles. The minimum Gasteiger partial charge on any atom is -0.298 e. The summed E-state index contributed by atoms with van der Waals surface area (Å²) in [6.07, 6.45) is 0.264. The molecule has 38 heavy (non-hydrogen) atoms. The number of anilines is 2. The van der Waals surface area contributed by atoms with Gasteiger partial charge in [-0.15, -0.1) is 0 Å². The highest BCUT2D eigenvalue weighted by Gasteiger charge is 2.41. The van der Waals surface area contributed by atoms with E-state index in [9.17, 15) is 26.4 Å². The fourth-order valence-corrected chi connectivity index (χ4v) is 6.68. The van der Waals surface area contributed by atoms with E-state index in [1.165, 1.54) is 42.5 Å². The molecule has 10 heteroatoms. The van der Waals surface area contributed by atoms with Gasteiger partial charge in [0.15, 0.2) is 0 Å². The second-order valence-corrected chi connectivity index (χ2v) is 13.9. The molecule has 0 radical (unpaired) electrons. The Balaban J connectivity index is 1.77. The first kappa shape index (κ1) is 27.5. The number of ketones is 2. The average molecular weight is 555 g/mol. The monoisotopic (exact) mass is 554 g/mol. The van der Waals surface area contributed by atoms with Gasteiger partial charge in [0.1, 0.15) is 17.5 Å². The maximum atomic E-state index is 13.2. The van der Waals surface area contributed by atoms with Gasteiger partial charge in [0.2, 0.25) is 0 Å². The van der Waals surface area contributed by atoms with Crippen molar-refractivity contribution in [2.45, 2.75) is 56.2 Å². The van der Waals surface area contributed by atoms with Crippen molar-refractivity contribution in [1.82, 2.24) is 0 Å². The summed E-state index contributed by atoms with van der Waals surface area (Å²) >= 11 is 0. The summed E-state index contributed by atoms with van der Waals surface area (Å²) < 4.78 is 57.2. The molecule has 4 rings (SSSR count). The minimum atomic E-state index is -4.06. The fourth-order valence-electron chi connectivity index (χ4n) is 4.55. The van der Waals surface area contributed by atoms with Gasteiger partial charge in [-0.1, -0.05) is 49.2 Å². The van der Waals surface area contributed by atoms with E-state index in [0.29, 0.717) is 0 Å². The third-order valence-electron chi connectivity index (χ3n) is 6.47. The van der Waals surface area contributed by atoms with Crippen LogP contribution in [0.25, 0.3) is 0 Å². The second-order valence-electron chi connectivity index (χ2n) is 10.5. The number of benzene rings is 3. The quantitative estimate of drug-likeness (QED) is 0.398. The Kier molecular flexibility index (Phi) is 7.24. The maximum Gasteiger partial charge on any atom is 0.261 e. The number of carbonyl (C=O) groups is 2. The van der Waals surface area contributed by atoms with Crippen molar-refractivity contribution in [3.8, 4) is 0 Å². The van der Waals surface area contributed by atoms with E-state index in [1.54, 1.807) is 24.3 Å². The molecule has 1 fully saturated rings. The van der Waals surface area contributed by atoms with Crippen LogP contribution in [-0.4, -0.2) is 28.4 Å². The summed E-state index contributed by atoms with van der Waals surface area (Å²) in [7, 11) is -8.03. The van der Waals surface area contributed by atoms with Crippen molar-refractivity contribution in [3.05, 3.63) is 83.4 Å². The summed E-state index contributed by atoms with van der Waals surface area (Å²) in [4.78, 5) is 26.4. The summed E-state index contributed by atoms with van der Waals surface area (Å²) in [6.45, 7) is 7.32. The van der Waals surface area contributed by atoms with Gasteiger partial charge in [-0.05, 0) is 67.3 Å². The predicted molar refractivity (Wildman–Crippen MR) is 146 cm³/mol. The Morgan fingerprint density at radius 3 is 1.61 bits per heavy atom. The molecule has 0 atom stereocenters. The van der Waals surface area contributed by atoms with Gasteiger partial charge < -0.3 is 0 Å². The predicted octanol–water partition coefficient (Wildman–Crippen LogP) is 4.95. The third-order valence-corrected chi connectivity index (χ3v) is 9.25. The number of sulfonamides is 2. The molecule has 8 nitrogen and oxygen atoms in total. The first-order chi connectivity index (χ1) is 17.7. The van der Waals surface area contributed by atoms with Crippen molar-refractivity contribution in [2.75, 3.05) is 9.44 Å². The van der Waals surface area contributed by atoms with Crippen LogP contribution in [0, 0.1) is 19.3 Å². The molecule has 1 saturated carbocycles. The Morgan fingerprint density at radius 1 is 0.684 bits per heavy atom. The lowest BCUT2D eigenvalue weighted by Gasteiger charge is -2.33. The summed E-state index contributed by atoms with van der Waals surface area (Å²) in [5, 5.41) is 0. The number of rotatable bonds is 7. The molecular weight excluding hydrogens is 524 g/mol. The van der Waals surface area contributed by atoms with Gasteiger partial charge in [0.25, 0.3) is 20.0 Å². The fraction of sp³-hybridized carbons (Fsp3) is 0.286. The normalized spacial score (nSPS) is 16.3. The van der Waals surface area contributed by atoms with E-state index in [2.05, 4.69) is 9.44 Å². The van der Waals surface area contributed by atoms with Crippen LogP contribution < -0.4 is 9.44 Å². The Bertz CT molecular complexity index is 1590. The lowest BCUT2D eigenvalue weighted by Crippen LogP contribution is -2.36. The van der Waals surface area contributed by atoms with Gasteiger partial charge >= 0.3 is 0 Å². The lowest BCUT2D eigenvalue weighted by molar-refractivity contribution is -0.135. The van der Waals surface area contributed by atoms with Gasteiger partial charge in [-0.3, -0.25) is 19.0 Å². The Labute approximate surface area is 223 Å². The van der Waals surface area contributed by atoms with Crippen LogP contribution in [0.15, 0.2) is 76.5 Å². The van der Waals surface area contributed by atoms with Crippen molar-refractivity contribution in [3.63, 3.8) is 0 Å². The zero-order valence-corrected chi connectivity index (χ0v) is 23.2. The molecule has 200 valence electrons. The molecular formula is C28H30N2O6S2. The molecule has 3 aromatic carbocycles. The van der Waals surface area contributed by atoms with E-state index in [4.69, 9.17) is 0 Å². The minimum absolute atomic E-state index is 0.0145. The molecule has 0 aliphatic heterocycles. The topological polar surface area (TPSA) is 126 Å². The molecule has 1 aliphatic carbocycles. The summed E-state index contributed by atoms with van der Waals surface area (Å²) in [5.41, 5.74) is 1.51. The highest BCUT2D eigenvalue weighted by atomic mass is 32.2. The van der Waals surface area contributed by atoms with E-state index in [-0.39, 0.29) is 51.1 Å². The Morgan fingerprint density at radius 2 is 1.13 bits per heavy atom. The first-order valence-electron chi connectivity index (χ1n) is 12.1. The molecule has 0 aromatic heterocycles. The SMILES string of the molecule is Cc1ccc(S(=O)(=O)Nc2ccc(NS(=O)(=O)c3ccc(C)cc3)c(C3C(=O)CC(C)(C)CC3=O)c2)cc1. The van der Waals surface area contributed by atoms with Gasteiger partial charge in [-0.2, -0.15) is 0 Å². The number of carbonyl (C=O) groups excluding carboxylic acids is 2. The standard InChI is InChI=1S/C28H30N2O6S2/c1-18-5-10-21(11-6-18)37(33,34)29-20-9-14-24(30-38(35,36)22-12-7-19(2)8-13-22)23(15-20)27-25(31)16-28(3,4)17-26(27)32/h5-15,27,29-30H,16-17H2,1-4H3. The zero-order valence-electron chi connectivity index (χ0n) is 21.6. The summed E-state index contributed by atoms with van der Waals surface area (Å²) in [5.74, 6) is -1.91. The first-order valence-corrected chi connectivity index (χ1v) is 15.0. The highest BCUT2D eigenvalue weighted by molar-refractivity contribution is 7.93. The van der Waals surface area contributed by atoms with Crippen molar-refractivity contribution in [2.24, 2.45) is 5.41 Å². The van der Waals surface area contributed by atoms with E-state index in [0.717, 1.165) is 11.1 Å². The van der Waals surface area contributed by atoms with Crippen LogP contribution in [0.4, 0.5) is 11.4 Å². The number of hydrogen-bond donors (Lipinski definition) is 2. The van der Waals surface area contributed by atoms with Crippen molar-refractivity contribution in [1.29, 1.82) is 0 Å². The smallest absolute Gasteiger partial charge is 0.261 e. The van der Waals surface area contributed by atoms with Crippen LogP contribution in [0.1, 0.15) is 49.3 Å². The third kappa shape index (κ3) is 5.97. The van der Waals surface area contributed by atoms with Crippen molar-refractivity contribution < 1.29 is 26.4 Å². The largest absolute Gasteiger partial charge is 0.298 e. The number of Topliss-reactive ketones (excluding diaryl/α,β-unsaturated/α-hetero) is 2. The number of nitrogens with one attached hydrogen (secondary N) is 2. The highest BCUT2D eigenvalue weighted by Crippen LogP contribution is 2.41. The Hall–Kier alpha value is -3.50. The molecule has 3 aromatic rings. The number of aryl methyl sites for hydroxylation is 2. The molecule has 0 bridgehead atoms. The molecule has 0 amide bonds. The molecule has 1 aliphatic rings. The van der Waals surface area contributed by atoms with Gasteiger partial charge in [0.05, 0.1) is 15.5 Å². The molecule has 0 spiro atoms. The molecule has 0 heterocycles. The summed E-state index contributed by atoms with van der Waals surface area (Å²) in [6, 6.07) is 16.6. The average Bonchev–Trinajstić information content (AvgIpc) is 2.79. The maximum absolute atomic E-state index is 13.2. The zero-order chi connectivity index (χ0) is 27.9.